The second kappa shape index (κ2) is 9.92. The third-order valence-electron chi connectivity index (χ3n) is 4.12. The number of rotatable bonds is 9. The molecule has 1 unspecified atom stereocenters. The van der Waals surface area contributed by atoms with E-state index in [-0.39, 0.29) is 16.4 Å². The van der Waals surface area contributed by atoms with Crippen molar-refractivity contribution in [1.29, 1.82) is 0 Å². The summed E-state index contributed by atoms with van der Waals surface area (Å²) >= 11 is 1.02. The van der Waals surface area contributed by atoms with Crippen LogP contribution in [0, 0.1) is 0 Å². The number of imide groups is 1. The number of ether oxygens (including phenoxy) is 2. The van der Waals surface area contributed by atoms with Gasteiger partial charge in [-0.2, -0.15) is 0 Å². The van der Waals surface area contributed by atoms with Gasteiger partial charge in [-0.05, 0) is 37.1 Å². The highest BCUT2D eigenvalue weighted by Crippen LogP contribution is 2.23. The van der Waals surface area contributed by atoms with Crippen LogP contribution >= 0.6 is 11.8 Å². The van der Waals surface area contributed by atoms with E-state index in [9.17, 15) is 9.59 Å². The van der Waals surface area contributed by atoms with Crippen LogP contribution in [-0.2, 0) is 16.1 Å². The standard InChI is InChI=1S/C20H21N3O5S/c1-13(15-5-8-18(26-2)21-12-15)23-28-10-9-27-16-6-3-14(4-7-16)11-17-19(24)22-20(25)29-17/h3-8,12,17H,9-11H2,1-2H3,(H,22,24,25). The zero-order chi connectivity index (χ0) is 20.6. The summed E-state index contributed by atoms with van der Waals surface area (Å²) in [6.45, 7) is 2.47. The van der Waals surface area contributed by atoms with Crippen molar-refractivity contribution in [2.24, 2.45) is 5.16 Å². The molecule has 0 radical (unpaired) electrons. The minimum absolute atomic E-state index is 0.237. The van der Waals surface area contributed by atoms with E-state index in [0.29, 0.717) is 37.0 Å². The average Bonchev–Trinajstić information content (AvgIpc) is 3.05. The predicted octanol–water partition coefficient (Wildman–Crippen LogP) is 2.80. The maximum Gasteiger partial charge on any atom is 0.286 e. The molecule has 0 bridgehead atoms. The van der Waals surface area contributed by atoms with Crippen molar-refractivity contribution in [1.82, 2.24) is 10.3 Å². The quantitative estimate of drug-likeness (QED) is 0.382. The minimum Gasteiger partial charge on any atom is -0.490 e. The summed E-state index contributed by atoms with van der Waals surface area (Å²) < 4.78 is 10.6. The monoisotopic (exact) mass is 415 g/mol. The average molecular weight is 415 g/mol. The minimum atomic E-state index is -0.371. The molecule has 2 amide bonds. The lowest BCUT2D eigenvalue weighted by molar-refractivity contribution is -0.118. The number of carbonyl (C=O) groups is 2. The first-order chi connectivity index (χ1) is 14.0. The van der Waals surface area contributed by atoms with E-state index in [0.717, 1.165) is 22.9 Å². The summed E-state index contributed by atoms with van der Waals surface area (Å²) in [7, 11) is 1.56. The molecule has 3 rings (SSSR count). The first kappa shape index (κ1) is 20.7. The molecule has 1 N–H and O–H groups in total. The summed E-state index contributed by atoms with van der Waals surface area (Å²) in [6.07, 6.45) is 2.17. The number of pyridine rings is 1. The third kappa shape index (κ3) is 5.95. The van der Waals surface area contributed by atoms with Gasteiger partial charge in [-0.15, -0.1) is 0 Å². The van der Waals surface area contributed by atoms with Crippen LogP contribution in [0.5, 0.6) is 11.6 Å². The van der Waals surface area contributed by atoms with Crippen molar-refractivity contribution in [3.63, 3.8) is 0 Å². The van der Waals surface area contributed by atoms with Crippen LogP contribution in [0.25, 0.3) is 0 Å². The molecule has 8 nitrogen and oxygen atoms in total. The molecule has 0 aliphatic carbocycles. The molecular formula is C20H21N3O5S. The summed E-state index contributed by atoms with van der Waals surface area (Å²) in [5.74, 6) is 0.997. The highest BCUT2D eigenvalue weighted by molar-refractivity contribution is 8.15. The second-order valence-corrected chi connectivity index (χ2v) is 7.35. The number of amides is 2. The Balaban J connectivity index is 1.40. The molecule has 1 aromatic carbocycles. The number of nitrogens with one attached hydrogen (secondary N) is 1. The molecule has 1 fully saturated rings. The molecule has 1 saturated heterocycles. The number of thioether (sulfide) groups is 1. The molecule has 2 heterocycles. The molecule has 152 valence electrons. The number of oxime groups is 1. The van der Waals surface area contributed by atoms with Crippen LogP contribution in [0.2, 0.25) is 0 Å². The Hall–Kier alpha value is -3.07. The van der Waals surface area contributed by atoms with Crippen LogP contribution in [0.3, 0.4) is 0 Å². The Labute approximate surface area is 172 Å². The van der Waals surface area contributed by atoms with E-state index in [1.807, 2.05) is 37.3 Å². The lowest BCUT2D eigenvalue weighted by Gasteiger charge is -2.08. The molecule has 0 spiro atoms. The fourth-order valence-corrected chi connectivity index (χ4v) is 3.43. The molecule has 2 aromatic rings. The Bertz CT molecular complexity index is 884. The predicted molar refractivity (Wildman–Crippen MR) is 110 cm³/mol. The molecule has 0 saturated carbocycles. The Morgan fingerprint density at radius 2 is 1.97 bits per heavy atom. The van der Waals surface area contributed by atoms with Gasteiger partial charge in [0.05, 0.1) is 18.1 Å². The van der Waals surface area contributed by atoms with Crippen molar-refractivity contribution >= 4 is 28.6 Å². The van der Waals surface area contributed by atoms with Crippen molar-refractivity contribution in [2.75, 3.05) is 20.3 Å². The maximum absolute atomic E-state index is 11.6. The van der Waals surface area contributed by atoms with Gasteiger partial charge < -0.3 is 14.3 Å². The summed E-state index contributed by atoms with van der Waals surface area (Å²) in [4.78, 5) is 32.2. The molecule has 1 aliphatic rings. The van der Waals surface area contributed by atoms with Crippen LogP contribution in [0.15, 0.2) is 47.8 Å². The van der Waals surface area contributed by atoms with Crippen molar-refractivity contribution < 1.29 is 23.9 Å². The van der Waals surface area contributed by atoms with Crippen LogP contribution < -0.4 is 14.8 Å². The van der Waals surface area contributed by atoms with E-state index in [1.54, 1.807) is 19.4 Å². The number of aromatic nitrogens is 1. The number of nitrogens with zero attached hydrogens (tertiary/aromatic N) is 2. The second-order valence-electron chi connectivity index (χ2n) is 6.18. The van der Waals surface area contributed by atoms with Gasteiger partial charge in [-0.1, -0.05) is 29.1 Å². The van der Waals surface area contributed by atoms with Gasteiger partial charge in [-0.3, -0.25) is 14.9 Å². The SMILES string of the molecule is COc1ccc(C(C)=NOCCOc2ccc(CC3SC(=O)NC3=O)cc2)cn1. The number of carbonyl (C=O) groups excluding carboxylic acids is 2. The zero-order valence-electron chi connectivity index (χ0n) is 16.1. The van der Waals surface area contributed by atoms with Crippen molar-refractivity contribution in [3.8, 4) is 11.6 Å². The smallest absolute Gasteiger partial charge is 0.286 e. The first-order valence-corrected chi connectivity index (χ1v) is 9.83. The third-order valence-corrected chi connectivity index (χ3v) is 5.10. The summed E-state index contributed by atoms with van der Waals surface area (Å²) in [6, 6.07) is 11.0. The van der Waals surface area contributed by atoms with Gasteiger partial charge in [-0.25, -0.2) is 4.98 Å². The van der Waals surface area contributed by atoms with Crippen LogP contribution in [0.4, 0.5) is 4.79 Å². The van der Waals surface area contributed by atoms with Crippen LogP contribution in [-0.4, -0.2) is 47.4 Å². The van der Waals surface area contributed by atoms with Gasteiger partial charge in [0, 0.05) is 17.8 Å². The topological polar surface area (TPSA) is 99.1 Å². The fourth-order valence-electron chi connectivity index (χ4n) is 2.57. The lowest BCUT2D eigenvalue weighted by Crippen LogP contribution is -2.25. The Morgan fingerprint density at radius 1 is 1.17 bits per heavy atom. The van der Waals surface area contributed by atoms with Crippen LogP contribution in [0.1, 0.15) is 18.1 Å². The number of methoxy groups -OCH3 is 1. The largest absolute Gasteiger partial charge is 0.490 e. The number of hydrogen-bond acceptors (Lipinski definition) is 8. The highest BCUT2D eigenvalue weighted by Gasteiger charge is 2.31. The van der Waals surface area contributed by atoms with Gasteiger partial charge in [0.1, 0.15) is 12.4 Å². The summed E-state index contributed by atoms with van der Waals surface area (Å²) in [5, 5.41) is 5.68. The van der Waals surface area contributed by atoms with Gasteiger partial charge >= 0.3 is 0 Å². The molecule has 1 atom stereocenters. The number of benzene rings is 1. The first-order valence-electron chi connectivity index (χ1n) is 8.95. The van der Waals surface area contributed by atoms with E-state index >= 15 is 0 Å². The van der Waals surface area contributed by atoms with Crippen molar-refractivity contribution in [2.45, 2.75) is 18.6 Å². The molecule has 1 aromatic heterocycles. The maximum atomic E-state index is 11.6. The van der Waals surface area contributed by atoms with Gasteiger partial charge in [0.2, 0.25) is 11.8 Å². The molecule has 9 heteroatoms. The summed E-state index contributed by atoms with van der Waals surface area (Å²) in [5.41, 5.74) is 2.51. The van der Waals surface area contributed by atoms with E-state index in [4.69, 9.17) is 14.3 Å². The molecule has 1 aliphatic heterocycles. The molecular weight excluding hydrogens is 394 g/mol. The van der Waals surface area contributed by atoms with E-state index in [1.165, 1.54) is 0 Å². The lowest BCUT2D eigenvalue weighted by atomic mass is 10.1. The van der Waals surface area contributed by atoms with Gasteiger partial charge in [0.15, 0.2) is 6.61 Å². The Morgan fingerprint density at radius 3 is 2.59 bits per heavy atom. The number of hydrogen-bond donors (Lipinski definition) is 1. The van der Waals surface area contributed by atoms with E-state index in [2.05, 4.69) is 15.5 Å². The van der Waals surface area contributed by atoms with E-state index < -0.39 is 0 Å². The van der Waals surface area contributed by atoms with Crippen molar-refractivity contribution in [3.05, 3.63) is 53.7 Å². The fraction of sp³-hybridized carbons (Fsp3) is 0.300. The Kier molecular flexibility index (Phi) is 7.07. The van der Waals surface area contributed by atoms with Gasteiger partial charge in [0.25, 0.3) is 5.24 Å². The highest BCUT2D eigenvalue weighted by atomic mass is 32.2. The zero-order valence-corrected chi connectivity index (χ0v) is 16.9. The molecule has 29 heavy (non-hydrogen) atoms. The normalized spacial score (nSPS) is 16.5.